The molecule has 0 aromatic carbocycles. The van der Waals surface area contributed by atoms with Crippen LogP contribution in [0.5, 0.6) is 0 Å². The fourth-order valence-electron chi connectivity index (χ4n) is 1.68. The first-order valence-electron chi connectivity index (χ1n) is 6.27. The molecule has 0 aliphatic carbocycles. The summed E-state index contributed by atoms with van der Waals surface area (Å²) >= 11 is 0. The first kappa shape index (κ1) is 18.4. The monoisotopic (exact) mass is 333 g/mol. The lowest BCUT2D eigenvalue weighted by Crippen LogP contribution is -2.18. The molecular weight excluding hydrogens is 319 g/mol. The van der Waals surface area contributed by atoms with E-state index >= 15 is 0 Å². The van der Waals surface area contributed by atoms with E-state index in [0.29, 0.717) is 6.07 Å². The normalized spacial score (nSPS) is 12.6. The van der Waals surface area contributed by atoms with Crippen LogP contribution in [-0.2, 0) is 27.0 Å². The summed E-state index contributed by atoms with van der Waals surface area (Å²) in [4.78, 5) is 22.7. The summed E-state index contributed by atoms with van der Waals surface area (Å²) in [5.74, 6) is -2.14. The van der Waals surface area contributed by atoms with Crippen molar-refractivity contribution in [3.63, 3.8) is 0 Å². The molecule has 0 bridgehead atoms. The van der Waals surface area contributed by atoms with Gasteiger partial charge < -0.3 is 15.3 Å². The number of Topliss-reactive ketones (excluding diaryl/α,β-unsaturated/α-hetero) is 1. The van der Waals surface area contributed by atoms with Crippen LogP contribution in [0.15, 0.2) is 23.6 Å². The van der Waals surface area contributed by atoms with Crippen molar-refractivity contribution in [1.82, 2.24) is 9.78 Å². The van der Waals surface area contributed by atoms with Crippen molar-refractivity contribution < 1.29 is 32.6 Å². The van der Waals surface area contributed by atoms with Crippen molar-refractivity contribution in [1.29, 1.82) is 5.41 Å². The van der Waals surface area contributed by atoms with E-state index in [9.17, 15) is 27.9 Å². The van der Waals surface area contributed by atoms with Gasteiger partial charge >= 0.3 is 12.1 Å². The molecular formula is C13H14F3N3O4. The second-order valence-electron chi connectivity index (χ2n) is 4.56. The summed E-state index contributed by atoms with van der Waals surface area (Å²) in [6.07, 6.45) is -3.66. The van der Waals surface area contributed by atoms with E-state index in [4.69, 9.17) is 5.41 Å². The third-order valence-corrected chi connectivity index (χ3v) is 2.61. The fourth-order valence-corrected chi connectivity index (χ4v) is 1.68. The Labute approximate surface area is 128 Å². The maximum absolute atomic E-state index is 12.3. The van der Waals surface area contributed by atoms with Crippen LogP contribution in [0, 0.1) is 5.41 Å². The average Bonchev–Trinajstić information content (AvgIpc) is 2.83. The molecule has 10 heteroatoms. The van der Waals surface area contributed by atoms with Gasteiger partial charge in [-0.1, -0.05) is 0 Å². The Bertz CT molecular complexity index is 646. The highest BCUT2D eigenvalue weighted by atomic mass is 19.4. The maximum Gasteiger partial charge on any atom is 0.435 e. The Kier molecular flexibility index (Phi) is 5.66. The van der Waals surface area contributed by atoms with Gasteiger partial charge in [-0.25, -0.2) is 0 Å². The molecule has 23 heavy (non-hydrogen) atoms. The lowest BCUT2D eigenvalue weighted by atomic mass is 10.1. The number of carbonyl (C=O) groups is 2. The number of aliphatic hydroxyl groups excluding tert-OH is 1. The summed E-state index contributed by atoms with van der Waals surface area (Å²) in [6, 6.07) is 0.705. The molecule has 0 atom stereocenters. The van der Waals surface area contributed by atoms with Crippen LogP contribution < -0.4 is 0 Å². The highest BCUT2D eigenvalue weighted by Crippen LogP contribution is 2.27. The first-order chi connectivity index (χ1) is 10.5. The summed E-state index contributed by atoms with van der Waals surface area (Å²) < 4.78 is 42.4. The molecule has 0 aliphatic heterocycles. The quantitative estimate of drug-likeness (QED) is 0.358. The van der Waals surface area contributed by atoms with Gasteiger partial charge in [0.05, 0.1) is 5.57 Å². The SMILES string of the molecule is CC(=N)/C(C(C)=O)=C(\O)COC(=O)Cn1ccc(C(F)(F)F)n1. The van der Waals surface area contributed by atoms with Crippen LogP contribution in [0.25, 0.3) is 0 Å². The second-order valence-corrected chi connectivity index (χ2v) is 4.56. The van der Waals surface area contributed by atoms with E-state index in [1.54, 1.807) is 0 Å². The van der Waals surface area contributed by atoms with Crippen LogP contribution >= 0.6 is 0 Å². The van der Waals surface area contributed by atoms with Crippen LogP contribution in [0.3, 0.4) is 0 Å². The van der Waals surface area contributed by atoms with E-state index in [0.717, 1.165) is 17.8 Å². The zero-order chi connectivity index (χ0) is 17.8. The molecule has 0 spiro atoms. The molecule has 1 heterocycles. The molecule has 0 amide bonds. The number of nitrogens with one attached hydrogen (secondary N) is 1. The van der Waals surface area contributed by atoms with Crippen molar-refractivity contribution in [3.8, 4) is 0 Å². The van der Waals surface area contributed by atoms with Gasteiger partial charge in [-0.05, 0) is 19.9 Å². The third-order valence-electron chi connectivity index (χ3n) is 2.61. The lowest BCUT2D eigenvalue weighted by molar-refractivity contribution is -0.146. The van der Waals surface area contributed by atoms with Gasteiger partial charge in [0.1, 0.15) is 18.9 Å². The molecule has 126 valence electrons. The van der Waals surface area contributed by atoms with Crippen LogP contribution in [-0.4, -0.2) is 39.0 Å². The summed E-state index contributed by atoms with van der Waals surface area (Å²) in [5, 5.41) is 20.2. The molecule has 0 fully saturated rings. The van der Waals surface area contributed by atoms with E-state index in [2.05, 4.69) is 9.84 Å². The van der Waals surface area contributed by atoms with E-state index in [1.165, 1.54) is 6.92 Å². The zero-order valence-corrected chi connectivity index (χ0v) is 12.3. The van der Waals surface area contributed by atoms with E-state index < -0.39 is 42.5 Å². The number of nitrogens with zero attached hydrogens (tertiary/aromatic N) is 2. The number of aromatic nitrogens is 2. The highest BCUT2D eigenvalue weighted by molar-refractivity contribution is 6.19. The molecule has 2 N–H and O–H groups in total. The molecule has 7 nitrogen and oxygen atoms in total. The maximum atomic E-state index is 12.3. The van der Waals surface area contributed by atoms with Crippen LogP contribution in [0.1, 0.15) is 19.5 Å². The second kappa shape index (κ2) is 7.07. The van der Waals surface area contributed by atoms with E-state index in [-0.39, 0.29) is 11.3 Å². The summed E-state index contributed by atoms with van der Waals surface area (Å²) in [5.41, 5.74) is -1.63. The van der Waals surface area contributed by atoms with Gasteiger partial charge in [-0.3, -0.25) is 14.3 Å². The molecule has 1 aromatic rings. The molecule has 1 rings (SSSR count). The van der Waals surface area contributed by atoms with Crippen molar-refractivity contribution in [2.24, 2.45) is 0 Å². The van der Waals surface area contributed by atoms with E-state index in [1.807, 2.05) is 0 Å². The zero-order valence-electron chi connectivity index (χ0n) is 12.3. The number of allylic oxidation sites excluding steroid dienone is 1. The number of rotatable bonds is 6. The smallest absolute Gasteiger partial charge is 0.435 e. The Balaban J connectivity index is 2.68. The van der Waals surface area contributed by atoms with Gasteiger partial charge in [0.25, 0.3) is 0 Å². The van der Waals surface area contributed by atoms with Gasteiger partial charge in [0, 0.05) is 11.9 Å². The number of alkyl halides is 3. The van der Waals surface area contributed by atoms with Crippen molar-refractivity contribution in [2.45, 2.75) is 26.6 Å². The van der Waals surface area contributed by atoms with Crippen LogP contribution in [0.4, 0.5) is 13.2 Å². The fraction of sp³-hybridized carbons (Fsp3) is 0.385. The molecule has 0 radical (unpaired) electrons. The number of aliphatic hydroxyl groups is 1. The number of carbonyl (C=O) groups excluding carboxylic acids is 2. The number of halogens is 3. The van der Waals surface area contributed by atoms with Gasteiger partial charge in [0.2, 0.25) is 0 Å². The number of ether oxygens (including phenoxy) is 1. The Morgan fingerprint density at radius 3 is 2.43 bits per heavy atom. The third kappa shape index (κ3) is 5.24. The first-order valence-corrected chi connectivity index (χ1v) is 6.27. The summed E-state index contributed by atoms with van der Waals surface area (Å²) in [6.45, 7) is 1.14. The van der Waals surface area contributed by atoms with Crippen molar-refractivity contribution >= 4 is 17.5 Å². The number of hydrogen-bond donors (Lipinski definition) is 2. The minimum Gasteiger partial charge on any atom is -0.508 e. The minimum absolute atomic E-state index is 0.201. The largest absolute Gasteiger partial charge is 0.508 e. The average molecular weight is 333 g/mol. The Hall–Kier alpha value is -2.65. The standard InChI is InChI=1S/C13H14F3N3O4/c1-7(17)12(8(2)20)9(21)6-23-11(22)5-19-4-3-10(18-19)13(14,15)16/h3-4,17,21H,5-6H2,1-2H3/b12-9+,17-7?. The van der Waals surface area contributed by atoms with Crippen LogP contribution in [0.2, 0.25) is 0 Å². The van der Waals surface area contributed by atoms with Gasteiger partial charge in [-0.2, -0.15) is 18.3 Å². The lowest BCUT2D eigenvalue weighted by Gasteiger charge is -2.08. The molecule has 1 aromatic heterocycles. The topological polar surface area (TPSA) is 105 Å². The molecule has 0 aliphatic rings. The number of hydrogen-bond acceptors (Lipinski definition) is 6. The Morgan fingerprint density at radius 2 is 2.00 bits per heavy atom. The van der Waals surface area contributed by atoms with Crippen molar-refractivity contribution in [2.75, 3.05) is 6.61 Å². The van der Waals surface area contributed by atoms with Gasteiger partial charge in [0.15, 0.2) is 11.5 Å². The highest BCUT2D eigenvalue weighted by Gasteiger charge is 2.33. The molecule has 0 saturated heterocycles. The van der Waals surface area contributed by atoms with Gasteiger partial charge in [-0.15, -0.1) is 0 Å². The predicted octanol–water partition coefficient (Wildman–Crippen LogP) is 1.89. The minimum atomic E-state index is -4.62. The molecule has 0 unspecified atom stereocenters. The predicted molar refractivity (Wildman–Crippen MR) is 71.9 cm³/mol. The number of ketones is 1. The number of esters is 1. The Morgan fingerprint density at radius 1 is 1.39 bits per heavy atom. The summed E-state index contributed by atoms with van der Waals surface area (Å²) in [7, 11) is 0. The van der Waals surface area contributed by atoms with Crippen molar-refractivity contribution in [3.05, 3.63) is 29.3 Å². The molecule has 0 saturated carbocycles.